The van der Waals surface area contributed by atoms with Crippen molar-refractivity contribution in [2.75, 3.05) is 13.7 Å². The van der Waals surface area contributed by atoms with Gasteiger partial charge in [0.05, 0.1) is 16.9 Å². The van der Waals surface area contributed by atoms with Crippen LogP contribution < -0.4 is 10.3 Å². The predicted molar refractivity (Wildman–Crippen MR) is 120 cm³/mol. The van der Waals surface area contributed by atoms with Crippen molar-refractivity contribution in [1.29, 1.82) is 0 Å². The molecule has 7 heteroatoms. The number of ether oxygens (including phenoxy) is 1. The molecule has 0 saturated heterocycles. The number of carbonyl (C=O) groups is 1. The molecule has 3 aromatic rings. The van der Waals surface area contributed by atoms with Crippen molar-refractivity contribution in [1.82, 2.24) is 14.5 Å². The fraction of sp³-hybridized carbons (Fsp3) is 0.435. The molecule has 0 fully saturated rings. The van der Waals surface area contributed by atoms with Crippen LogP contribution in [0.15, 0.2) is 29.1 Å². The molecule has 1 aliphatic heterocycles. The van der Waals surface area contributed by atoms with Crippen LogP contribution in [0, 0.1) is 6.92 Å². The van der Waals surface area contributed by atoms with Gasteiger partial charge in [0.1, 0.15) is 16.4 Å². The van der Waals surface area contributed by atoms with Gasteiger partial charge in [0.15, 0.2) is 0 Å². The van der Waals surface area contributed by atoms with Gasteiger partial charge in [0.2, 0.25) is 0 Å². The number of thiophene rings is 1. The van der Waals surface area contributed by atoms with E-state index in [-0.39, 0.29) is 11.5 Å². The van der Waals surface area contributed by atoms with Gasteiger partial charge >= 0.3 is 0 Å². The summed E-state index contributed by atoms with van der Waals surface area (Å²) in [5.74, 6) is 1.60. The fourth-order valence-electron chi connectivity index (χ4n) is 3.99. The third kappa shape index (κ3) is 3.86. The Morgan fingerprint density at radius 3 is 2.73 bits per heavy atom. The van der Waals surface area contributed by atoms with E-state index >= 15 is 0 Å². The first kappa shape index (κ1) is 20.6. The number of hydrogen-bond donors (Lipinski definition) is 0. The average Bonchev–Trinajstić information content (AvgIpc) is 2.90. The quantitative estimate of drug-likeness (QED) is 0.616. The molecule has 3 heterocycles. The highest BCUT2D eigenvalue weighted by Crippen LogP contribution is 2.29. The Hall–Kier alpha value is -2.67. The molecular formula is C23H27N3O3S. The van der Waals surface area contributed by atoms with Crippen LogP contribution in [0.3, 0.4) is 0 Å². The smallest absolute Gasteiger partial charge is 0.264 e. The topological polar surface area (TPSA) is 64.4 Å². The summed E-state index contributed by atoms with van der Waals surface area (Å²) in [6.07, 6.45) is 4.00. The Morgan fingerprint density at radius 1 is 1.23 bits per heavy atom. The minimum absolute atomic E-state index is 0.00105. The molecule has 1 aromatic carbocycles. The van der Waals surface area contributed by atoms with Crippen LogP contribution in [0.25, 0.3) is 10.2 Å². The van der Waals surface area contributed by atoms with Crippen molar-refractivity contribution < 1.29 is 9.53 Å². The highest BCUT2D eigenvalue weighted by atomic mass is 32.1. The van der Waals surface area contributed by atoms with Crippen LogP contribution in [0.2, 0.25) is 0 Å². The third-order valence-corrected chi connectivity index (χ3v) is 6.78. The largest absolute Gasteiger partial charge is 0.494 e. The summed E-state index contributed by atoms with van der Waals surface area (Å²) in [6.45, 7) is 5.64. The van der Waals surface area contributed by atoms with Crippen LogP contribution in [0.4, 0.5) is 0 Å². The lowest BCUT2D eigenvalue weighted by Crippen LogP contribution is -2.26. The summed E-state index contributed by atoms with van der Waals surface area (Å²) < 4.78 is 7.29. The molecular weight excluding hydrogens is 398 g/mol. The number of nitrogens with zero attached hydrogens (tertiary/aromatic N) is 3. The standard InChI is InChI=1S/C23H27N3O3S/c1-4-29-17-11-9-16(10-12-17)14-25(3)23(28)20-15(2)19-21(30-20)24-18-8-6-5-7-13-26(18)22(19)27/h9-12H,4-8,13-14H2,1-3H3. The second kappa shape index (κ2) is 8.60. The summed E-state index contributed by atoms with van der Waals surface area (Å²) in [5, 5.41) is 0.600. The number of carbonyl (C=O) groups excluding carboxylic acids is 1. The molecule has 0 spiro atoms. The maximum absolute atomic E-state index is 13.2. The van der Waals surface area contributed by atoms with E-state index in [1.807, 2.05) is 42.7 Å². The first-order valence-electron chi connectivity index (χ1n) is 10.5. The summed E-state index contributed by atoms with van der Waals surface area (Å²) in [7, 11) is 1.79. The zero-order valence-corrected chi connectivity index (χ0v) is 18.6. The number of rotatable bonds is 5. The lowest BCUT2D eigenvalue weighted by molar-refractivity contribution is 0.0789. The van der Waals surface area contributed by atoms with Crippen LogP contribution in [0.1, 0.15) is 52.8 Å². The van der Waals surface area contributed by atoms with Gasteiger partial charge in [-0.15, -0.1) is 11.3 Å². The fourth-order valence-corrected chi connectivity index (χ4v) is 5.18. The van der Waals surface area contributed by atoms with Gasteiger partial charge in [-0.05, 0) is 49.9 Å². The van der Waals surface area contributed by atoms with E-state index in [1.54, 1.807) is 11.9 Å². The summed E-state index contributed by atoms with van der Waals surface area (Å²) in [6, 6.07) is 7.77. The monoisotopic (exact) mass is 425 g/mol. The molecule has 0 atom stereocenters. The molecule has 4 rings (SSSR count). The molecule has 158 valence electrons. The summed E-state index contributed by atoms with van der Waals surface area (Å²) in [5.41, 5.74) is 1.77. The zero-order chi connectivity index (χ0) is 21.3. The van der Waals surface area contributed by atoms with E-state index in [0.29, 0.717) is 34.8 Å². The minimum Gasteiger partial charge on any atom is -0.494 e. The van der Waals surface area contributed by atoms with E-state index < -0.39 is 0 Å². The van der Waals surface area contributed by atoms with Crippen LogP contribution >= 0.6 is 11.3 Å². The molecule has 30 heavy (non-hydrogen) atoms. The normalized spacial score (nSPS) is 13.7. The van der Waals surface area contributed by atoms with Gasteiger partial charge < -0.3 is 9.64 Å². The summed E-state index contributed by atoms with van der Waals surface area (Å²) >= 11 is 1.34. The molecule has 0 unspecified atom stereocenters. The Bertz CT molecular complexity index is 1130. The lowest BCUT2D eigenvalue weighted by Gasteiger charge is -2.17. The third-order valence-electron chi connectivity index (χ3n) is 5.61. The molecule has 1 aliphatic rings. The zero-order valence-electron chi connectivity index (χ0n) is 17.7. The molecule has 0 N–H and O–H groups in total. The first-order chi connectivity index (χ1) is 14.5. The Balaban J connectivity index is 1.62. The molecule has 2 aromatic heterocycles. The number of benzene rings is 1. The number of fused-ring (bicyclic) bond motifs is 2. The van der Waals surface area contributed by atoms with Gasteiger partial charge in [0, 0.05) is 26.6 Å². The van der Waals surface area contributed by atoms with E-state index in [4.69, 9.17) is 9.72 Å². The van der Waals surface area contributed by atoms with E-state index in [0.717, 1.165) is 48.4 Å². The molecule has 0 aliphatic carbocycles. The number of aryl methyl sites for hydroxylation is 2. The van der Waals surface area contributed by atoms with Gasteiger partial charge in [0.25, 0.3) is 11.5 Å². The summed E-state index contributed by atoms with van der Waals surface area (Å²) in [4.78, 5) is 34.0. The van der Waals surface area contributed by atoms with E-state index in [1.165, 1.54) is 11.3 Å². The molecule has 0 radical (unpaired) electrons. The van der Waals surface area contributed by atoms with Gasteiger partial charge in [-0.25, -0.2) is 4.98 Å². The van der Waals surface area contributed by atoms with E-state index in [2.05, 4.69) is 0 Å². The second-order valence-corrected chi connectivity index (χ2v) is 8.77. The highest BCUT2D eigenvalue weighted by Gasteiger charge is 2.24. The second-order valence-electron chi connectivity index (χ2n) is 7.77. The Labute approximate surface area is 180 Å². The van der Waals surface area contributed by atoms with Crippen LogP contribution in [-0.2, 0) is 19.5 Å². The average molecular weight is 426 g/mol. The van der Waals surface area contributed by atoms with Crippen molar-refractivity contribution in [3.8, 4) is 5.75 Å². The molecule has 0 saturated carbocycles. The van der Waals surface area contributed by atoms with Crippen LogP contribution in [0.5, 0.6) is 5.75 Å². The minimum atomic E-state index is -0.0796. The Morgan fingerprint density at radius 2 is 2.00 bits per heavy atom. The van der Waals surface area contributed by atoms with Gasteiger partial charge in [-0.1, -0.05) is 18.6 Å². The molecule has 6 nitrogen and oxygen atoms in total. The van der Waals surface area contributed by atoms with E-state index in [9.17, 15) is 9.59 Å². The lowest BCUT2D eigenvalue weighted by atomic mass is 10.1. The van der Waals surface area contributed by atoms with Gasteiger partial charge in [-0.3, -0.25) is 14.2 Å². The number of hydrogen-bond acceptors (Lipinski definition) is 5. The Kier molecular flexibility index (Phi) is 5.90. The molecule has 0 bridgehead atoms. The maximum atomic E-state index is 13.2. The van der Waals surface area contributed by atoms with Gasteiger partial charge in [-0.2, -0.15) is 0 Å². The van der Waals surface area contributed by atoms with Crippen LogP contribution in [-0.4, -0.2) is 34.0 Å². The van der Waals surface area contributed by atoms with Crippen molar-refractivity contribution in [2.45, 2.75) is 52.6 Å². The van der Waals surface area contributed by atoms with Crippen molar-refractivity contribution in [3.05, 3.63) is 56.4 Å². The highest BCUT2D eigenvalue weighted by molar-refractivity contribution is 7.20. The maximum Gasteiger partial charge on any atom is 0.264 e. The first-order valence-corrected chi connectivity index (χ1v) is 11.3. The number of amides is 1. The molecule has 1 amide bonds. The van der Waals surface area contributed by atoms with Crippen molar-refractivity contribution >= 4 is 27.5 Å². The van der Waals surface area contributed by atoms with Crippen molar-refractivity contribution in [3.63, 3.8) is 0 Å². The SMILES string of the molecule is CCOc1ccc(CN(C)C(=O)c2sc3nc4n(c(=O)c3c2C)CCCCC4)cc1. The number of aromatic nitrogens is 2. The predicted octanol–water partition coefficient (Wildman–Crippen LogP) is 4.16. The van der Waals surface area contributed by atoms with Crippen molar-refractivity contribution in [2.24, 2.45) is 0 Å².